The van der Waals surface area contributed by atoms with Gasteiger partial charge in [0.2, 0.25) is 0 Å². The van der Waals surface area contributed by atoms with Crippen molar-refractivity contribution in [3.05, 3.63) is 64.7 Å². The van der Waals surface area contributed by atoms with Gasteiger partial charge >= 0.3 is 0 Å². The first-order valence-corrected chi connectivity index (χ1v) is 9.39. The summed E-state index contributed by atoms with van der Waals surface area (Å²) < 4.78 is 10.9. The number of nitrogens with zero attached hydrogens (tertiary/aromatic N) is 1. The number of benzene rings is 2. The average molecular weight is 368 g/mol. The minimum atomic E-state index is -0.0424. The van der Waals surface area contributed by atoms with E-state index < -0.39 is 0 Å². The van der Waals surface area contributed by atoms with Crippen LogP contribution in [0.1, 0.15) is 33.1 Å². The predicted octanol–water partition coefficient (Wildman–Crippen LogP) is 3.12. The van der Waals surface area contributed by atoms with Crippen LogP contribution in [0.3, 0.4) is 0 Å². The molecule has 5 heteroatoms. The first-order chi connectivity index (χ1) is 13.1. The van der Waals surface area contributed by atoms with Crippen LogP contribution in [0.2, 0.25) is 0 Å². The Kier molecular flexibility index (Phi) is 6.48. The van der Waals surface area contributed by atoms with E-state index >= 15 is 0 Å². The van der Waals surface area contributed by atoms with Crippen LogP contribution in [-0.4, -0.2) is 50.8 Å². The number of ether oxygens (including phenoxy) is 2. The molecule has 5 nitrogen and oxygen atoms in total. The van der Waals surface area contributed by atoms with E-state index in [0.29, 0.717) is 25.3 Å². The highest BCUT2D eigenvalue weighted by atomic mass is 16.5. The molecule has 0 aliphatic carbocycles. The minimum absolute atomic E-state index is 0.0424. The molecule has 0 spiro atoms. The Morgan fingerprint density at radius 1 is 1.15 bits per heavy atom. The van der Waals surface area contributed by atoms with Gasteiger partial charge in [-0.05, 0) is 54.8 Å². The number of hydrogen-bond donors (Lipinski definition) is 1. The van der Waals surface area contributed by atoms with Gasteiger partial charge in [-0.1, -0.05) is 18.2 Å². The van der Waals surface area contributed by atoms with Crippen molar-refractivity contribution in [1.29, 1.82) is 0 Å². The smallest absolute Gasteiger partial charge is 0.251 e. The Morgan fingerprint density at radius 3 is 2.63 bits per heavy atom. The quantitative estimate of drug-likeness (QED) is 0.851. The minimum Gasteiger partial charge on any atom is -0.497 e. The molecular weight excluding hydrogens is 340 g/mol. The Balaban J connectivity index is 1.76. The fraction of sp³-hybridized carbons (Fsp3) is 0.409. The normalized spacial score (nSPS) is 16.0. The van der Waals surface area contributed by atoms with Gasteiger partial charge in [-0.3, -0.25) is 9.69 Å². The van der Waals surface area contributed by atoms with Crippen LogP contribution < -0.4 is 10.1 Å². The molecule has 1 unspecified atom stereocenters. The Morgan fingerprint density at radius 2 is 1.93 bits per heavy atom. The zero-order chi connectivity index (χ0) is 19.2. The molecule has 1 saturated heterocycles. The van der Waals surface area contributed by atoms with Crippen LogP contribution in [-0.2, 0) is 4.74 Å². The lowest BCUT2D eigenvalue weighted by atomic mass is 10.0. The van der Waals surface area contributed by atoms with Crippen LogP contribution >= 0.6 is 0 Å². The molecule has 0 aromatic heterocycles. The molecule has 1 heterocycles. The summed E-state index contributed by atoms with van der Waals surface area (Å²) >= 11 is 0. The average Bonchev–Trinajstić information content (AvgIpc) is 2.71. The Bertz CT molecular complexity index is 785. The van der Waals surface area contributed by atoms with E-state index in [2.05, 4.69) is 16.3 Å². The number of aryl methyl sites for hydroxylation is 2. The molecule has 1 amide bonds. The molecule has 0 saturated carbocycles. The van der Waals surface area contributed by atoms with E-state index in [4.69, 9.17) is 9.47 Å². The third kappa shape index (κ3) is 4.87. The summed E-state index contributed by atoms with van der Waals surface area (Å²) in [5.41, 5.74) is 4.15. The highest BCUT2D eigenvalue weighted by Crippen LogP contribution is 2.25. The SMILES string of the molecule is COc1cccc(C(CNC(=O)c2ccc(C)c(C)c2)N2CCOCC2)c1. The van der Waals surface area contributed by atoms with Crippen molar-refractivity contribution in [3.63, 3.8) is 0 Å². The van der Waals surface area contributed by atoms with Crippen LogP contribution in [0.5, 0.6) is 5.75 Å². The number of rotatable bonds is 6. The van der Waals surface area contributed by atoms with E-state index in [1.165, 1.54) is 5.56 Å². The summed E-state index contributed by atoms with van der Waals surface area (Å²) in [5, 5.41) is 3.12. The van der Waals surface area contributed by atoms with Gasteiger partial charge in [-0.25, -0.2) is 0 Å². The molecule has 2 aromatic rings. The van der Waals surface area contributed by atoms with Crippen LogP contribution in [0.25, 0.3) is 0 Å². The predicted molar refractivity (Wildman–Crippen MR) is 106 cm³/mol. The molecule has 1 atom stereocenters. The highest BCUT2D eigenvalue weighted by Gasteiger charge is 2.24. The van der Waals surface area contributed by atoms with Gasteiger partial charge in [-0.2, -0.15) is 0 Å². The second-order valence-electron chi connectivity index (χ2n) is 6.95. The lowest BCUT2D eigenvalue weighted by Gasteiger charge is -2.35. The maximum Gasteiger partial charge on any atom is 0.251 e. The standard InChI is InChI=1S/C22H28N2O3/c1-16-7-8-19(13-17(16)2)22(25)23-15-21(24-9-11-27-12-10-24)18-5-4-6-20(14-18)26-3/h4-8,13-14,21H,9-12,15H2,1-3H3,(H,23,25). The zero-order valence-electron chi connectivity index (χ0n) is 16.3. The second kappa shape index (κ2) is 9.02. The zero-order valence-corrected chi connectivity index (χ0v) is 16.3. The van der Waals surface area contributed by atoms with Gasteiger partial charge in [-0.15, -0.1) is 0 Å². The van der Waals surface area contributed by atoms with Crippen molar-refractivity contribution < 1.29 is 14.3 Å². The van der Waals surface area contributed by atoms with Gasteiger partial charge < -0.3 is 14.8 Å². The molecule has 1 fully saturated rings. The summed E-state index contributed by atoms with van der Waals surface area (Å²) in [6, 6.07) is 14.0. The number of carbonyl (C=O) groups excluding carboxylic acids is 1. The van der Waals surface area contributed by atoms with Crippen molar-refractivity contribution in [3.8, 4) is 5.75 Å². The van der Waals surface area contributed by atoms with Gasteiger partial charge in [0.25, 0.3) is 5.91 Å². The van der Waals surface area contributed by atoms with Crippen LogP contribution in [0.15, 0.2) is 42.5 Å². The summed E-state index contributed by atoms with van der Waals surface area (Å²) in [4.78, 5) is 15.0. The van der Waals surface area contributed by atoms with Crippen molar-refractivity contribution >= 4 is 5.91 Å². The van der Waals surface area contributed by atoms with E-state index in [-0.39, 0.29) is 11.9 Å². The fourth-order valence-corrected chi connectivity index (χ4v) is 3.37. The number of carbonyl (C=O) groups is 1. The van der Waals surface area contributed by atoms with Gasteiger partial charge in [0.1, 0.15) is 5.75 Å². The second-order valence-corrected chi connectivity index (χ2v) is 6.95. The number of methoxy groups -OCH3 is 1. The maximum atomic E-state index is 12.7. The van der Waals surface area contributed by atoms with E-state index in [1.54, 1.807) is 7.11 Å². The molecule has 144 valence electrons. The number of amides is 1. The van der Waals surface area contributed by atoms with Crippen LogP contribution in [0, 0.1) is 13.8 Å². The van der Waals surface area contributed by atoms with Crippen molar-refractivity contribution in [2.75, 3.05) is 40.0 Å². The first-order valence-electron chi connectivity index (χ1n) is 9.39. The monoisotopic (exact) mass is 368 g/mol. The van der Waals surface area contributed by atoms with E-state index in [9.17, 15) is 4.79 Å². The number of morpholine rings is 1. The lowest BCUT2D eigenvalue weighted by Crippen LogP contribution is -2.43. The van der Waals surface area contributed by atoms with Gasteiger partial charge in [0.15, 0.2) is 0 Å². The molecule has 1 aliphatic rings. The molecular formula is C22H28N2O3. The van der Waals surface area contributed by atoms with Crippen LogP contribution in [0.4, 0.5) is 0 Å². The fourth-order valence-electron chi connectivity index (χ4n) is 3.37. The summed E-state index contributed by atoms with van der Waals surface area (Å²) in [6.07, 6.45) is 0. The summed E-state index contributed by atoms with van der Waals surface area (Å²) in [7, 11) is 1.67. The summed E-state index contributed by atoms with van der Waals surface area (Å²) in [5.74, 6) is 0.783. The van der Waals surface area contributed by atoms with Gasteiger partial charge in [0, 0.05) is 25.2 Å². The Hall–Kier alpha value is -2.37. The first kappa shape index (κ1) is 19.4. The van der Waals surface area contributed by atoms with E-state index in [1.807, 2.05) is 50.2 Å². The van der Waals surface area contributed by atoms with Crippen molar-refractivity contribution in [2.24, 2.45) is 0 Å². The Labute approximate surface area is 161 Å². The summed E-state index contributed by atoms with van der Waals surface area (Å²) in [6.45, 7) is 7.74. The van der Waals surface area contributed by atoms with E-state index in [0.717, 1.165) is 30.0 Å². The third-order valence-electron chi connectivity index (χ3n) is 5.19. The molecule has 1 aliphatic heterocycles. The number of hydrogen-bond acceptors (Lipinski definition) is 4. The lowest BCUT2D eigenvalue weighted by molar-refractivity contribution is 0.0162. The van der Waals surface area contributed by atoms with Crippen molar-refractivity contribution in [1.82, 2.24) is 10.2 Å². The maximum absolute atomic E-state index is 12.7. The molecule has 2 aromatic carbocycles. The van der Waals surface area contributed by atoms with Crippen molar-refractivity contribution in [2.45, 2.75) is 19.9 Å². The highest BCUT2D eigenvalue weighted by molar-refractivity contribution is 5.94. The molecule has 0 bridgehead atoms. The topological polar surface area (TPSA) is 50.8 Å². The largest absolute Gasteiger partial charge is 0.497 e. The molecule has 3 rings (SSSR count). The molecule has 0 radical (unpaired) electrons. The van der Waals surface area contributed by atoms with Gasteiger partial charge in [0.05, 0.1) is 26.4 Å². The third-order valence-corrected chi connectivity index (χ3v) is 5.19. The molecule has 1 N–H and O–H groups in total. The number of nitrogens with one attached hydrogen (secondary N) is 1. The molecule has 27 heavy (non-hydrogen) atoms.